The Balaban J connectivity index is 2.10. The van der Waals surface area contributed by atoms with Crippen LogP contribution in [0.3, 0.4) is 0 Å². The lowest BCUT2D eigenvalue weighted by molar-refractivity contribution is -0.222. The fourth-order valence-electron chi connectivity index (χ4n) is 1.60. The van der Waals surface area contributed by atoms with E-state index in [1.807, 2.05) is 0 Å². The number of hydrogen-bond donors (Lipinski definition) is 1. The maximum Gasteiger partial charge on any atom is 0.350 e. The Morgan fingerprint density at radius 1 is 1.14 bits per heavy atom. The van der Waals surface area contributed by atoms with Gasteiger partial charge in [-0.1, -0.05) is 11.6 Å². The number of amides is 1. The van der Waals surface area contributed by atoms with Crippen molar-refractivity contribution in [3.05, 3.63) is 46.6 Å². The number of halogens is 1. The lowest BCUT2D eigenvalue weighted by Gasteiger charge is -2.29. The fourth-order valence-corrected chi connectivity index (χ4v) is 1.73. The highest BCUT2D eigenvalue weighted by Gasteiger charge is 2.39. The first-order chi connectivity index (χ1) is 9.78. The normalized spacial score (nSPS) is 16.8. The number of cyclic esters (lactones) is 2. The largest absolute Gasteiger partial charge is 0.419 e. The molecule has 1 aliphatic heterocycles. The Hall–Kier alpha value is -2.34. The molecule has 0 spiro atoms. The number of carbonyl (C=O) groups excluding carboxylic acids is 3. The minimum Gasteiger partial charge on any atom is -0.419 e. The maximum atomic E-state index is 11.8. The number of carbonyl (C=O) groups is 3. The van der Waals surface area contributed by atoms with Crippen molar-refractivity contribution in [3.63, 3.8) is 0 Å². The van der Waals surface area contributed by atoms with Crippen LogP contribution >= 0.6 is 11.6 Å². The van der Waals surface area contributed by atoms with Gasteiger partial charge < -0.3 is 14.8 Å². The molecular weight excluding hydrogens is 298 g/mol. The Labute approximate surface area is 125 Å². The van der Waals surface area contributed by atoms with E-state index in [0.29, 0.717) is 10.6 Å². The molecule has 6 nitrogen and oxygen atoms in total. The lowest BCUT2D eigenvalue weighted by atomic mass is 10.2. The summed E-state index contributed by atoms with van der Waals surface area (Å²) in [6, 6.07) is 6.12. The smallest absolute Gasteiger partial charge is 0.350 e. The van der Waals surface area contributed by atoms with Crippen LogP contribution in [-0.2, 0) is 19.1 Å². The van der Waals surface area contributed by atoms with E-state index in [1.165, 1.54) is 26.0 Å². The Morgan fingerprint density at radius 3 is 2.19 bits per heavy atom. The monoisotopic (exact) mass is 309 g/mol. The molecule has 0 saturated carbocycles. The standard InChI is InChI=1S/C14H12ClNO5/c1-14(2)20-12(18)10(13(19)21-14)7-16-11(17)8-3-5-9(15)6-4-8/h3-7H,1-2H3,(H,16,17). The molecule has 0 aliphatic carbocycles. The Bertz CT molecular complexity index is 611. The van der Waals surface area contributed by atoms with Crippen LogP contribution in [0.25, 0.3) is 0 Å². The lowest BCUT2D eigenvalue weighted by Crippen LogP contribution is -2.42. The quantitative estimate of drug-likeness (QED) is 0.512. The number of ether oxygens (including phenoxy) is 2. The highest BCUT2D eigenvalue weighted by atomic mass is 35.5. The van der Waals surface area contributed by atoms with E-state index >= 15 is 0 Å². The molecule has 1 aromatic rings. The molecule has 0 unspecified atom stereocenters. The number of nitrogens with one attached hydrogen (secondary N) is 1. The molecule has 1 amide bonds. The zero-order valence-electron chi connectivity index (χ0n) is 11.3. The summed E-state index contributed by atoms with van der Waals surface area (Å²) >= 11 is 5.71. The molecule has 7 heteroatoms. The third-order valence-corrected chi connectivity index (χ3v) is 2.82. The van der Waals surface area contributed by atoms with Gasteiger partial charge in [-0.2, -0.15) is 0 Å². The molecule has 1 heterocycles. The molecule has 1 saturated heterocycles. The summed E-state index contributed by atoms with van der Waals surface area (Å²) in [4.78, 5) is 35.1. The van der Waals surface area contributed by atoms with Gasteiger partial charge in [-0.05, 0) is 24.3 Å². The summed E-state index contributed by atoms with van der Waals surface area (Å²) < 4.78 is 9.78. The van der Waals surface area contributed by atoms with E-state index in [1.54, 1.807) is 12.1 Å². The van der Waals surface area contributed by atoms with E-state index in [4.69, 9.17) is 21.1 Å². The van der Waals surface area contributed by atoms with Gasteiger partial charge in [0.25, 0.3) is 11.7 Å². The van der Waals surface area contributed by atoms with Gasteiger partial charge in [-0.25, -0.2) is 9.59 Å². The molecule has 0 bridgehead atoms. The third-order valence-electron chi connectivity index (χ3n) is 2.57. The van der Waals surface area contributed by atoms with Crippen molar-refractivity contribution in [1.29, 1.82) is 0 Å². The minimum absolute atomic E-state index is 0.328. The summed E-state index contributed by atoms with van der Waals surface area (Å²) in [6.07, 6.45) is 0.969. The molecule has 1 N–H and O–H groups in total. The van der Waals surface area contributed by atoms with Crippen LogP contribution in [0.1, 0.15) is 24.2 Å². The van der Waals surface area contributed by atoms with Crippen molar-refractivity contribution in [3.8, 4) is 0 Å². The van der Waals surface area contributed by atoms with Gasteiger partial charge in [0, 0.05) is 30.6 Å². The predicted octanol–water partition coefficient (Wildman–Crippen LogP) is 1.79. The highest BCUT2D eigenvalue weighted by Crippen LogP contribution is 2.22. The van der Waals surface area contributed by atoms with Crippen LogP contribution in [0.2, 0.25) is 5.02 Å². The van der Waals surface area contributed by atoms with E-state index in [0.717, 1.165) is 6.20 Å². The van der Waals surface area contributed by atoms with Crippen LogP contribution in [-0.4, -0.2) is 23.6 Å². The fraction of sp³-hybridized carbons (Fsp3) is 0.214. The second-order valence-corrected chi connectivity index (χ2v) is 5.15. The van der Waals surface area contributed by atoms with Crippen molar-refractivity contribution in [1.82, 2.24) is 5.32 Å². The van der Waals surface area contributed by atoms with Crippen LogP contribution in [0.15, 0.2) is 36.0 Å². The summed E-state index contributed by atoms with van der Waals surface area (Å²) in [5, 5.41) is 2.82. The molecule has 110 valence electrons. The molecule has 1 aliphatic rings. The van der Waals surface area contributed by atoms with Gasteiger partial charge in [-0.3, -0.25) is 4.79 Å². The van der Waals surface area contributed by atoms with Crippen molar-refractivity contribution >= 4 is 29.4 Å². The van der Waals surface area contributed by atoms with Crippen molar-refractivity contribution in [2.75, 3.05) is 0 Å². The average Bonchev–Trinajstić information content (AvgIpc) is 2.36. The number of hydrogen-bond acceptors (Lipinski definition) is 5. The second-order valence-electron chi connectivity index (χ2n) is 4.72. The Morgan fingerprint density at radius 2 is 1.67 bits per heavy atom. The van der Waals surface area contributed by atoms with Gasteiger partial charge >= 0.3 is 11.9 Å². The van der Waals surface area contributed by atoms with Gasteiger partial charge in [0.15, 0.2) is 5.57 Å². The maximum absolute atomic E-state index is 11.8. The summed E-state index contributed by atoms with van der Waals surface area (Å²) in [6.45, 7) is 2.87. The van der Waals surface area contributed by atoms with Crippen LogP contribution in [0.4, 0.5) is 0 Å². The first-order valence-electron chi connectivity index (χ1n) is 6.02. The Kier molecular flexibility index (Phi) is 3.99. The van der Waals surface area contributed by atoms with Crippen molar-refractivity contribution in [2.24, 2.45) is 0 Å². The van der Waals surface area contributed by atoms with Crippen molar-refractivity contribution < 1.29 is 23.9 Å². The predicted molar refractivity (Wildman–Crippen MR) is 73.3 cm³/mol. The van der Waals surface area contributed by atoms with Gasteiger partial charge in [0.05, 0.1) is 0 Å². The molecular formula is C14H12ClNO5. The van der Waals surface area contributed by atoms with Crippen molar-refractivity contribution in [2.45, 2.75) is 19.6 Å². The summed E-state index contributed by atoms with van der Waals surface area (Å²) in [7, 11) is 0. The van der Waals surface area contributed by atoms with E-state index in [2.05, 4.69) is 5.32 Å². The average molecular weight is 310 g/mol. The minimum atomic E-state index is -1.31. The second kappa shape index (κ2) is 5.57. The van der Waals surface area contributed by atoms with E-state index < -0.39 is 23.6 Å². The first-order valence-corrected chi connectivity index (χ1v) is 6.39. The third kappa shape index (κ3) is 3.61. The molecule has 21 heavy (non-hydrogen) atoms. The number of rotatable bonds is 2. The van der Waals surface area contributed by atoms with Gasteiger partial charge in [-0.15, -0.1) is 0 Å². The van der Waals surface area contributed by atoms with Crippen LogP contribution < -0.4 is 5.32 Å². The zero-order chi connectivity index (χ0) is 15.6. The van der Waals surface area contributed by atoms with Gasteiger partial charge in [0.2, 0.25) is 0 Å². The number of esters is 2. The molecule has 1 aromatic carbocycles. The van der Waals surface area contributed by atoms with Gasteiger partial charge in [0.1, 0.15) is 0 Å². The van der Waals surface area contributed by atoms with Crippen LogP contribution in [0, 0.1) is 0 Å². The summed E-state index contributed by atoms with van der Waals surface area (Å²) in [5.41, 5.74) is -0.0502. The molecule has 0 atom stereocenters. The SMILES string of the molecule is CC1(C)OC(=O)C(=CNC(=O)c2ccc(Cl)cc2)C(=O)O1. The number of benzene rings is 1. The van der Waals surface area contributed by atoms with E-state index in [9.17, 15) is 14.4 Å². The molecule has 1 fully saturated rings. The molecule has 0 aromatic heterocycles. The molecule has 2 rings (SSSR count). The van der Waals surface area contributed by atoms with Crippen LogP contribution in [0.5, 0.6) is 0 Å². The first kappa shape index (κ1) is 15.1. The topological polar surface area (TPSA) is 81.7 Å². The zero-order valence-corrected chi connectivity index (χ0v) is 12.1. The molecule has 0 radical (unpaired) electrons. The summed E-state index contributed by atoms with van der Waals surface area (Å²) in [5.74, 6) is -3.52. The van der Waals surface area contributed by atoms with E-state index in [-0.39, 0.29) is 5.57 Å². The highest BCUT2D eigenvalue weighted by molar-refractivity contribution is 6.30.